The molecule has 1 aromatic carbocycles. The predicted molar refractivity (Wildman–Crippen MR) is 68.9 cm³/mol. The second-order valence-electron chi connectivity index (χ2n) is 4.36. The molecule has 0 N–H and O–H groups in total. The Hall–Kier alpha value is -2.37. The highest BCUT2D eigenvalue weighted by Crippen LogP contribution is 2.30. The Labute approximate surface area is 112 Å². The van der Waals surface area contributed by atoms with Crippen LogP contribution in [0.1, 0.15) is 0 Å². The number of pyridine rings is 1. The van der Waals surface area contributed by atoms with Crippen molar-refractivity contribution in [3.8, 4) is 11.1 Å². The van der Waals surface area contributed by atoms with Crippen LogP contribution in [0.25, 0.3) is 21.9 Å². The van der Waals surface area contributed by atoms with Crippen LogP contribution in [-0.4, -0.2) is 21.2 Å². The lowest BCUT2D eigenvalue weighted by atomic mass is 10.0. The van der Waals surface area contributed by atoms with Crippen molar-refractivity contribution in [2.45, 2.75) is 13.0 Å². The molecule has 102 valence electrons. The van der Waals surface area contributed by atoms with Gasteiger partial charge in [-0.15, -0.1) is 0 Å². The van der Waals surface area contributed by atoms with E-state index in [9.17, 15) is 13.2 Å². The van der Waals surface area contributed by atoms with Gasteiger partial charge in [0.2, 0.25) is 0 Å². The molecule has 0 fully saturated rings. The summed E-state index contributed by atoms with van der Waals surface area (Å²) in [6.07, 6.45) is 3.47. The first-order chi connectivity index (χ1) is 9.65. The van der Waals surface area contributed by atoms with Crippen LogP contribution in [0.5, 0.6) is 0 Å². The minimum Gasteiger partial charge on any atom is -0.266 e. The maximum Gasteiger partial charge on any atom is 0.257 e. The summed E-state index contributed by atoms with van der Waals surface area (Å²) in [4.78, 5) is 3.98. The van der Waals surface area contributed by atoms with Gasteiger partial charge < -0.3 is 0 Å². The maximum atomic E-state index is 14.1. The Morgan fingerprint density at radius 3 is 2.80 bits per heavy atom. The summed E-state index contributed by atoms with van der Waals surface area (Å²) in [6.45, 7) is -0.509. The van der Waals surface area contributed by atoms with Gasteiger partial charge in [0.05, 0.1) is 6.20 Å². The van der Waals surface area contributed by atoms with Crippen molar-refractivity contribution in [1.29, 1.82) is 0 Å². The molecular formula is C14H10F3N3. The third kappa shape index (κ3) is 2.24. The fourth-order valence-corrected chi connectivity index (χ4v) is 2.16. The van der Waals surface area contributed by atoms with Gasteiger partial charge >= 0.3 is 0 Å². The normalized spacial score (nSPS) is 11.4. The van der Waals surface area contributed by atoms with E-state index in [0.717, 1.165) is 10.1 Å². The highest BCUT2D eigenvalue weighted by molar-refractivity contribution is 5.96. The number of aromatic nitrogens is 3. The van der Waals surface area contributed by atoms with Gasteiger partial charge in [0.15, 0.2) is 0 Å². The molecule has 0 aliphatic heterocycles. The zero-order chi connectivity index (χ0) is 14.1. The van der Waals surface area contributed by atoms with E-state index in [0.29, 0.717) is 16.5 Å². The Morgan fingerprint density at radius 2 is 2.00 bits per heavy atom. The molecule has 6 heteroatoms. The van der Waals surface area contributed by atoms with Crippen LogP contribution >= 0.6 is 0 Å². The largest absolute Gasteiger partial charge is 0.266 e. The minimum absolute atomic E-state index is 0.330. The van der Waals surface area contributed by atoms with Crippen molar-refractivity contribution >= 4 is 10.8 Å². The second-order valence-corrected chi connectivity index (χ2v) is 4.36. The zero-order valence-corrected chi connectivity index (χ0v) is 10.3. The first kappa shape index (κ1) is 12.7. The summed E-state index contributed by atoms with van der Waals surface area (Å²) in [5, 5.41) is 5.29. The molecule has 0 unspecified atom stereocenters. The molecule has 0 amide bonds. The molecule has 3 rings (SSSR count). The topological polar surface area (TPSA) is 30.7 Å². The van der Waals surface area contributed by atoms with Gasteiger partial charge in [0, 0.05) is 35.1 Å². The first-order valence-corrected chi connectivity index (χ1v) is 5.98. The van der Waals surface area contributed by atoms with Crippen molar-refractivity contribution in [3.63, 3.8) is 0 Å². The number of benzene rings is 1. The third-order valence-corrected chi connectivity index (χ3v) is 3.02. The second kappa shape index (κ2) is 4.96. The summed E-state index contributed by atoms with van der Waals surface area (Å²) >= 11 is 0. The standard InChI is InChI=1S/C14H10F3N3/c15-12-2-1-9-3-4-18-6-11(9)14(12)10-5-19-20(7-10)8-13(16)17/h1-7,13H,8H2. The van der Waals surface area contributed by atoms with Crippen LogP contribution < -0.4 is 0 Å². The smallest absolute Gasteiger partial charge is 0.257 e. The van der Waals surface area contributed by atoms with Gasteiger partial charge in [-0.3, -0.25) is 9.67 Å². The number of hydrogen-bond donors (Lipinski definition) is 0. The molecule has 0 aliphatic carbocycles. The van der Waals surface area contributed by atoms with E-state index in [-0.39, 0.29) is 0 Å². The fraction of sp³-hybridized carbons (Fsp3) is 0.143. The Morgan fingerprint density at radius 1 is 1.15 bits per heavy atom. The maximum absolute atomic E-state index is 14.1. The van der Waals surface area contributed by atoms with E-state index < -0.39 is 18.8 Å². The number of rotatable bonds is 3. The van der Waals surface area contributed by atoms with E-state index in [1.807, 2.05) is 0 Å². The van der Waals surface area contributed by atoms with Crippen molar-refractivity contribution < 1.29 is 13.2 Å². The van der Waals surface area contributed by atoms with Crippen molar-refractivity contribution in [3.05, 3.63) is 48.8 Å². The summed E-state index contributed by atoms with van der Waals surface area (Å²) < 4.78 is 39.8. The average molecular weight is 277 g/mol. The Bertz CT molecular complexity index is 752. The Kier molecular flexibility index (Phi) is 3.14. The van der Waals surface area contributed by atoms with E-state index in [1.54, 1.807) is 24.5 Å². The summed E-state index contributed by atoms with van der Waals surface area (Å²) in [5.41, 5.74) is 0.790. The van der Waals surface area contributed by atoms with Gasteiger partial charge in [-0.25, -0.2) is 13.2 Å². The first-order valence-electron chi connectivity index (χ1n) is 5.98. The Balaban J connectivity index is 2.14. The SMILES string of the molecule is Fc1ccc2ccncc2c1-c1cnn(CC(F)F)c1. The molecule has 0 atom stereocenters. The van der Waals surface area contributed by atoms with Crippen LogP contribution in [0, 0.1) is 5.82 Å². The zero-order valence-electron chi connectivity index (χ0n) is 10.3. The van der Waals surface area contributed by atoms with Gasteiger partial charge in [0.1, 0.15) is 12.4 Å². The molecule has 0 bridgehead atoms. The molecule has 0 saturated heterocycles. The van der Waals surface area contributed by atoms with Crippen LogP contribution in [0.4, 0.5) is 13.2 Å². The molecule has 20 heavy (non-hydrogen) atoms. The minimum atomic E-state index is -2.50. The van der Waals surface area contributed by atoms with E-state index >= 15 is 0 Å². The molecule has 0 spiro atoms. The molecule has 0 aliphatic rings. The molecular weight excluding hydrogens is 267 g/mol. The predicted octanol–water partition coefficient (Wildman–Crippen LogP) is 3.50. The molecule has 3 aromatic rings. The number of nitrogens with zero attached hydrogens (tertiary/aromatic N) is 3. The van der Waals surface area contributed by atoms with E-state index in [2.05, 4.69) is 10.1 Å². The van der Waals surface area contributed by atoms with Crippen molar-refractivity contribution in [2.24, 2.45) is 0 Å². The number of hydrogen-bond acceptors (Lipinski definition) is 2. The lowest BCUT2D eigenvalue weighted by Crippen LogP contribution is -2.06. The fourth-order valence-electron chi connectivity index (χ4n) is 2.16. The lowest BCUT2D eigenvalue weighted by Gasteiger charge is -2.05. The van der Waals surface area contributed by atoms with Gasteiger partial charge in [-0.05, 0) is 17.5 Å². The summed E-state index contributed by atoms with van der Waals surface area (Å²) in [7, 11) is 0. The van der Waals surface area contributed by atoms with Crippen LogP contribution in [-0.2, 0) is 6.54 Å². The molecule has 2 heterocycles. The van der Waals surface area contributed by atoms with Crippen LogP contribution in [0.2, 0.25) is 0 Å². The van der Waals surface area contributed by atoms with Gasteiger partial charge in [-0.2, -0.15) is 5.10 Å². The highest BCUT2D eigenvalue weighted by atomic mass is 19.3. The summed E-state index contributed by atoms with van der Waals surface area (Å²) in [6, 6.07) is 4.77. The monoisotopic (exact) mass is 277 g/mol. The molecule has 3 nitrogen and oxygen atoms in total. The lowest BCUT2D eigenvalue weighted by molar-refractivity contribution is 0.122. The summed E-state index contributed by atoms with van der Waals surface area (Å²) in [5.74, 6) is -0.429. The van der Waals surface area contributed by atoms with Gasteiger partial charge in [-0.1, -0.05) is 6.07 Å². The van der Waals surface area contributed by atoms with E-state index in [1.165, 1.54) is 18.5 Å². The van der Waals surface area contributed by atoms with Crippen LogP contribution in [0.3, 0.4) is 0 Å². The molecule has 0 radical (unpaired) electrons. The number of fused-ring (bicyclic) bond motifs is 1. The van der Waals surface area contributed by atoms with Crippen LogP contribution in [0.15, 0.2) is 43.0 Å². The molecule has 2 aromatic heterocycles. The van der Waals surface area contributed by atoms with E-state index in [4.69, 9.17) is 0 Å². The van der Waals surface area contributed by atoms with Crippen molar-refractivity contribution in [1.82, 2.24) is 14.8 Å². The van der Waals surface area contributed by atoms with Crippen molar-refractivity contribution in [2.75, 3.05) is 0 Å². The third-order valence-electron chi connectivity index (χ3n) is 3.02. The quantitative estimate of drug-likeness (QED) is 0.733. The number of alkyl halides is 2. The number of halogens is 3. The average Bonchev–Trinajstić information content (AvgIpc) is 2.85. The highest BCUT2D eigenvalue weighted by Gasteiger charge is 2.13. The van der Waals surface area contributed by atoms with Gasteiger partial charge in [0.25, 0.3) is 6.43 Å². The molecule has 0 saturated carbocycles.